The summed E-state index contributed by atoms with van der Waals surface area (Å²) in [6.45, 7) is 2.01. The van der Waals surface area contributed by atoms with Gasteiger partial charge >= 0.3 is 0 Å². The van der Waals surface area contributed by atoms with Crippen molar-refractivity contribution in [1.29, 1.82) is 0 Å². The van der Waals surface area contributed by atoms with Crippen molar-refractivity contribution in [2.45, 2.75) is 6.92 Å². The molecule has 0 aliphatic carbocycles. The summed E-state index contributed by atoms with van der Waals surface area (Å²) in [4.78, 5) is 8.20. The van der Waals surface area contributed by atoms with E-state index in [9.17, 15) is 0 Å². The summed E-state index contributed by atoms with van der Waals surface area (Å²) in [5, 5.41) is 1.06. The lowest BCUT2D eigenvalue weighted by Gasteiger charge is -1.96. The van der Waals surface area contributed by atoms with Crippen LogP contribution in [0.2, 0.25) is 0 Å². The maximum atomic E-state index is 5.78. The number of aryl methyl sites for hydroxylation is 1. The molecule has 2 N–H and O–H groups in total. The molecule has 3 aromatic rings. The Kier molecular flexibility index (Phi) is 2.08. The molecule has 17 heavy (non-hydrogen) atoms. The van der Waals surface area contributed by atoms with E-state index >= 15 is 0 Å². The number of nitrogen functional groups attached to an aromatic ring is 1. The van der Waals surface area contributed by atoms with Gasteiger partial charge in [-0.05, 0) is 18.6 Å². The molecule has 0 unspecified atom stereocenters. The lowest BCUT2D eigenvalue weighted by molar-refractivity contribution is 0.625. The van der Waals surface area contributed by atoms with Gasteiger partial charge < -0.3 is 10.2 Å². The van der Waals surface area contributed by atoms with Gasteiger partial charge in [0.2, 0.25) is 0 Å². The number of aromatic nitrogens is 2. The van der Waals surface area contributed by atoms with Crippen LogP contribution in [0.3, 0.4) is 0 Å². The van der Waals surface area contributed by atoms with Crippen molar-refractivity contribution in [2.24, 2.45) is 0 Å². The normalized spacial score (nSPS) is 10.9. The molecule has 4 nitrogen and oxygen atoms in total. The number of nitrogens with two attached hydrogens (primary N) is 1. The second-order valence-corrected chi connectivity index (χ2v) is 3.93. The highest BCUT2D eigenvalue weighted by Crippen LogP contribution is 2.28. The van der Waals surface area contributed by atoms with Crippen LogP contribution < -0.4 is 5.73 Å². The molecule has 0 saturated heterocycles. The zero-order valence-corrected chi connectivity index (χ0v) is 9.34. The quantitative estimate of drug-likeness (QED) is 0.691. The number of anilines is 1. The first-order valence-electron chi connectivity index (χ1n) is 5.31. The molecule has 3 rings (SSSR count). The topological polar surface area (TPSA) is 64.9 Å². The molecule has 0 atom stereocenters. The Labute approximate surface area is 98.1 Å². The summed E-state index contributed by atoms with van der Waals surface area (Å²) in [7, 11) is 0. The highest BCUT2D eigenvalue weighted by atomic mass is 16.3. The van der Waals surface area contributed by atoms with Gasteiger partial charge in [-0.1, -0.05) is 18.2 Å². The number of benzene rings is 1. The Morgan fingerprint density at radius 3 is 2.88 bits per heavy atom. The summed E-state index contributed by atoms with van der Waals surface area (Å²) in [6, 6.07) is 7.98. The number of fused-ring (bicyclic) bond motifs is 1. The van der Waals surface area contributed by atoms with E-state index in [4.69, 9.17) is 10.2 Å². The largest absolute Gasteiger partial charge is 0.454 e. The maximum absolute atomic E-state index is 5.78. The van der Waals surface area contributed by atoms with E-state index in [1.165, 1.54) is 6.20 Å². The molecule has 0 radical (unpaired) electrons. The minimum absolute atomic E-state index is 0.389. The minimum Gasteiger partial charge on any atom is -0.454 e. The molecule has 1 aromatic carbocycles. The lowest BCUT2D eigenvalue weighted by atomic mass is 10.2. The van der Waals surface area contributed by atoms with Gasteiger partial charge in [-0.15, -0.1) is 0 Å². The van der Waals surface area contributed by atoms with Gasteiger partial charge in [-0.25, -0.2) is 4.98 Å². The molecule has 2 heterocycles. The number of furan rings is 1. The molecule has 84 valence electrons. The Bertz CT molecular complexity index is 688. The van der Waals surface area contributed by atoms with Crippen LogP contribution >= 0.6 is 0 Å². The van der Waals surface area contributed by atoms with Crippen molar-refractivity contribution in [3.63, 3.8) is 0 Å². The molecule has 4 heteroatoms. The first-order valence-corrected chi connectivity index (χ1v) is 5.31. The van der Waals surface area contributed by atoms with Crippen molar-refractivity contribution in [3.05, 3.63) is 42.2 Å². The number of rotatable bonds is 1. The van der Waals surface area contributed by atoms with Crippen LogP contribution in [0.15, 0.2) is 41.1 Å². The van der Waals surface area contributed by atoms with Gasteiger partial charge in [0.1, 0.15) is 17.1 Å². The number of hydrogen-bond acceptors (Lipinski definition) is 4. The van der Waals surface area contributed by atoms with Crippen LogP contribution in [-0.2, 0) is 0 Å². The van der Waals surface area contributed by atoms with E-state index in [0.717, 1.165) is 16.5 Å². The molecule has 0 aliphatic rings. The van der Waals surface area contributed by atoms with Crippen LogP contribution in [0, 0.1) is 6.92 Å². The van der Waals surface area contributed by atoms with Crippen molar-refractivity contribution in [1.82, 2.24) is 9.97 Å². The third-order valence-corrected chi connectivity index (χ3v) is 2.65. The molecular weight excluding hydrogens is 214 g/mol. The smallest absolute Gasteiger partial charge is 0.155 e. The number of para-hydroxylation sites is 1. The summed E-state index contributed by atoms with van der Waals surface area (Å²) < 4.78 is 5.78. The van der Waals surface area contributed by atoms with Crippen LogP contribution in [0.5, 0.6) is 0 Å². The van der Waals surface area contributed by atoms with E-state index in [1.807, 2.05) is 31.2 Å². The second kappa shape index (κ2) is 3.59. The number of hydrogen-bond donors (Lipinski definition) is 1. The number of nitrogens with zero attached hydrogens (tertiary/aromatic N) is 2. The summed E-state index contributed by atoms with van der Waals surface area (Å²) in [6.07, 6.45) is 3.15. The van der Waals surface area contributed by atoms with Crippen LogP contribution in [0.25, 0.3) is 22.4 Å². The highest BCUT2D eigenvalue weighted by molar-refractivity contribution is 5.84. The van der Waals surface area contributed by atoms with E-state index in [1.54, 1.807) is 6.20 Å². The molecule has 0 fully saturated rings. The van der Waals surface area contributed by atoms with Crippen LogP contribution in [-0.4, -0.2) is 9.97 Å². The monoisotopic (exact) mass is 225 g/mol. The standard InChI is InChI=1S/C13H11N3O/c1-8-3-2-4-9-5-11(17-13(8)9)10-6-15-7-12(14)16-10/h2-7H,1H3,(H2,14,16). The Balaban J connectivity index is 2.22. The molecule has 2 aromatic heterocycles. The average Bonchev–Trinajstić information content (AvgIpc) is 2.74. The molecule has 0 saturated carbocycles. The third-order valence-electron chi connectivity index (χ3n) is 2.65. The molecule has 0 bridgehead atoms. The fourth-order valence-corrected chi connectivity index (χ4v) is 1.83. The van der Waals surface area contributed by atoms with Crippen LogP contribution in [0.1, 0.15) is 5.56 Å². The fourth-order valence-electron chi connectivity index (χ4n) is 1.83. The molecule has 0 spiro atoms. The van der Waals surface area contributed by atoms with Gasteiger partial charge in [-0.2, -0.15) is 0 Å². The van der Waals surface area contributed by atoms with E-state index < -0.39 is 0 Å². The van der Waals surface area contributed by atoms with Gasteiger partial charge in [0.05, 0.1) is 12.4 Å². The zero-order chi connectivity index (χ0) is 11.8. The van der Waals surface area contributed by atoms with E-state index in [0.29, 0.717) is 17.3 Å². The van der Waals surface area contributed by atoms with E-state index in [-0.39, 0.29) is 0 Å². The van der Waals surface area contributed by atoms with Crippen molar-refractivity contribution in [3.8, 4) is 11.5 Å². The summed E-state index contributed by atoms with van der Waals surface area (Å²) >= 11 is 0. The zero-order valence-electron chi connectivity index (χ0n) is 9.34. The summed E-state index contributed by atoms with van der Waals surface area (Å²) in [5.74, 6) is 1.08. The van der Waals surface area contributed by atoms with Gasteiger partial charge in [-0.3, -0.25) is 4.98 Å². The van der Waals surface area contributed by atoms with Crippen molar-refractivity contribution in [2.75, 3.05) is 5.73 Å². The van der Waals surface area contributed by atoms with Crippen molar-refractivity contribution >= 4 is 16.8 Å². The molecule has 0 amide bonds. The van der Waals surface area contributed by atoms with Gasteiger partial charge in [0.25, 0.3) is 0 Å². The molecular formula is C13H11N3O. The second-order valence-electron chi connectivity index (χ2n) is 3.93. The van der Waals surface area contributed by atoms with Gasteiger partial charge in [0, 0.05) is 5.39 Å². The average molecular weight is 225 g/mol. The predicted molar refractivity (Wildman–Crippen MR) is 66.4 cm³/mol. The lowest BCUT2D eigenvalue weighted by Crippen LogP contribution is -1.92. The highest BCUT2D eigenvalue weighted by Gasteiger charge is 2.09. The molecule has 0 aliphatic heterocycles. The first kappa shape index (κ1) is 9.84. The Hall–Kier alpha value is -2.36. The fraction of sp³-hybridized carbons (Fsp3) is 0.0769. The Morgan fingerprint density at radius 1 is 1.24 bits per heavy atom. The Morgan fingerprint density at radius 2 is 2.12 bits per heavy atom. The SMILES string of the molecule is Cc1cccc2cc(-c3cncc(N)n3)oc12. The third kappa shape index (κ3) is 1.63. The van der Waals surface area contributed by atoms with Crippen LogP contribution in [0.4, 0.5) is 5.82 Å². The van der Waals surface area contributed by atoms with E-state index in [2.05, 4.69) is 9.97 Å². The maximum Gasteiger partial charge on any atom is 0.155 e. The summed E-state index contributed by atoms with van der Waals surface area (Å²) in [5.41, 5.74) is 8.24. The minimum atomic E-state index is 0.389. The first-order chi connectivity index (χ1) is 8.24. The predicted octanol–water partition coefficient (Wildman–Crippen LogP) is 2.78. The van der Waals surface area contributed by atoms with Crippen molar-refractivity contribution < 1.29 is 4.42 Å². The van der Waals surface area contributed by atoms with Gasteiger partial charge in [0.15, 0.2) is 5.76 Å².